The van der Waals surface area contributed by atoms with Crippen molar-refractivity contribution in [1.29, 1.82) is 0 Å². The molecule has 1 aromatic carbocycles. The van der Waals surface area contributed by atoms with E-state index in [9.17, 15) is 13.1 Å². The molecule has 2 nitrogen and oxygen atoms in total. The third kappa shape index (κ3) is 6.05. The third-order valence-electron chi connectivity index (χ3n) is 3.57. The maximum atomic E-state index is 12.9. The average molecular weight is 329 g/mol. The average Bonchev–Trinajstić information content (AvgIpc) is 2.43. The predicted molar refractivity (Wildman–Crippen MR) is 89.4 cm³/mol. The highest BCUT2D eigenvalue weighted by molar-refractivity contribution is 7.94. The molecule has 1 rings (SSSR count). The second-order valence-electron chi connectivity index (χ2n) is 6.98. The van der Waals surface area contributed by atoms with Gasteiger partial charge in [0.05, 0.1) is 18.6 Å². The maximum absolute atomic E-state index is 12.9. The number of alkyl halides is 1. The number of benzene rings is 1. The Bertz CT molecular complexity index is 482. The number of halogens is 2. The monoisotopic (exact) mass is 329 g/mol. The number of carbonyl (C=O) groups excluding carboxylic acids is 1. The fourth-order valence-electron chi connectivity index (χ4n) is 2.48. The fourth-order valence-corrected chi connectivity index (χ4v) is 2.69. The maximum Gasteiger partial charge on any atom is 0.183 e. The molecule has 0 aliphatic carbocycles. The number of nitrogens with two attached hydrogens (primary N) is 1. The molecule has 0 saturated heterocycles. The number of ketones is 1. The van der Waals surface area contributed by atoms with Crippen LogP contribution in [0.1, 0.15) is 62.4 Å². The molecule has 0 amide bonds. The van der Waals surface area contributed by atoms with E-state index in [1.807, 2.05) is 19.1 Å². The van der Waals surface area contributed by atoms with Crippen molar-refractivity contribution in [2.24, 2.45) is 11.1 Å². The molecule has 0 radical (unpaired) electrons. The Morgan fingerprint density at radius 3 is 2.23 bits per heavy atom. The molecule has 22 heavy (non-hydrogen) atoms. The summed E-state index contributed by atoms with van der Waals surface area (Å²) >= 11 is -0.438. The molecule has 0 aliphatic rings. The number of Topliss-reactive ketones (excluding diaryl/α,β-unsaturated/α-hetero) is 1. The van der Waals surface area contributed by atoms with Crippen LogP contribution in [-0.2, 0) is 0 Å². The molecule has 2 N–H and O–H groups in total. The van der Waals surface area contributed by atoms with Crippen LogP contribution >= 0.6 is 12.1 Å². The van der Waals surface area contributed by atoms with Crippen LogP contribution in [0.5, 0.6) is 0 Å². The summed E-state index contributed by atoms with van der Waals surface area (Å²) in [5, 5.41) is 0. The normalized spacial score (nSPS) is 16.1. The molecule has 1 aromatic rings. The van der Waals surface area contributed by atoms with Gasteiger partial charge in [-0.2, -0.15) is 3.89 Å². The summed E-state index contributed by atoms with van der Waals surface area (Å²) in [6, 6.07) is 7.07. The van der Waals surface area contributed by atoms with Gasteiger partial charge in [0.2, 0.25) is 0 Å². The van der Waals surface area contributed by atoms with Crippen molar-refractivity contribution < 1.29 is 13.1 Å². The summed E-state index contributed by atoms with van der Waals surface area (Å²) in [5.41, 5.74) is 5.91. The van der Waals surface area contributed by atoms with Crippen LogP contribution in [0.4, 0.5) is 8.28 Å². The predicted octanol–water partition coefficient (Wildman–Crippen LogP) is 5.04. The van der Waals surface area contributed by atoms with E-state index in [1.165, 1.54) is 0 Å². The highest BCUT2D eigenvalue weighted by atomic mass is 32.2. The van der Waals surface area contributed by atoms with Crippen LogP contribution in [0, 0.1) is 5.41 Å². The molecule has 0 heterocycles. The van der Waals surface area contributed by atoms with Gasteiger partial charge in [-0.1, -0.05) is 45.0 Å². The van der Waals surface area contributed by atoms with Gasteiger partial charge in [-0.15, -0.1) is 0 Å². The molecule has 5 heteroatoms. The molecular weight excluding hydrogens is 304 g/mol. The second-order valence-corrected chi connectivity index (χ2v) is 7.67. The van der Waals surface area contributed by atoms with Crippen molar-refractivity contribution in [3.05, 3.63) is 35.4 Å². The van der Waals surface area contributed by atoms with Crippen LogP contribution in [-0.4, -0.2) is 17.3 Å². The first kappa shape index (κ1) is 19.1. The van der Waals surface area contributed by atoms with E-state index >= 15 is 0 Å². The van der Waals surface area contributed by atoms with Crippen LogP contribution < -0.4 is 5.73 Å². The minimum atomic E-state index is -1.80. The minimum Gasteiger partial charge on any atom is -0.327 e. The van der Waals surface area contributed by atoms with E-state index < -0.39 is 29.9 Å². The largest absolute Gasteiger partial charge is 0.327 e. The number of hydrogen-bond donors (Lipinski definition) is 1. The van der Waals surface area contributed by atoms with E-state index in [4.69, 9.17) is 5.73 Å². The van der Waals surface area contributed by atoms with Crippen molar-refractivity contribution in [3.8, 4) is 0 Å². The van der Waals surface area contributed by atoms with Crippen molar-refractivity contribution >= 4 is 17.9 Å². The molecule has 3 atom stereocenters. The summed E-state index contributed by atoms with van der Waals surface area (Å²) < 4.78 is 25.0. The van der Waals surface area contributed by atoms with Crippen molar-refractivity contribution in [1.82, 2.24) is 0 Å². The highest BCUT2D eigenvalue weighted by Gasteiger charge is 2.23. The van der Waals surface area contributed by atoms with Crippen LogP contribution in [0.2, 0.25) is 0 Å². The fraction of sp³-hybridized carbons (Fsp3) is 0.588. The molecule has 0 aromatic heterocycles. The Kier molecular flexibility index (Phi) is 7.00. The van der Waals surface area contributed by atoms with Gasteiger partial charge in [0, 0.05) is 11.6 Å². The quantitative estimate of drug-likeness (QED) is 0.713. The molecule has 3 unspecified atom stereocenters. The van der Waals surface area contributed by atoms with Crippen LogP contribution in [0.15, 0.2) is 24.3 Å². The van der Waals surface area contributed by atoms with Crippen LogP contribution in [0.3, 0.4) is 0 Å². The van der Waals surface area contributed by atoms with E-state index in [-0.39, 0.29) is 17.4 Å². The van der Waals surface area contributed by atoms with Gasteiger partial charge < -0.3 is 5.73 Å². The first-order chi connectivity index (χ1) is 10.1. The lowest BCUT2D eigenvalue weighted by molar-refractivity contribution is 0.0967. The Morgan fingerprint density at radius 2 is 1.82 bits per heavy atom. The van der Waals surface area contributed by atoms with Crippen molar-refractivity contribution in [3.63, 3.8) is 0 Å². The molecule has 0 saturated carbocycles. The smallest absolute Gasteiger partial charge is 0.183 e. The summed E-state index contributed by atoms with van der Waals surface area (Å²) in [7, 11) is 0. The van der Waals surface area contributed by atoms with E-state index in [0.717, 1.165) is 12.0 Å². The van der Waals surface area contributed by atoms with Crippen LogP contribution in [0.25, 0.3) is 0 Å². The molecule has 124 valence electrons. The van der Waals surface area contributed by atoms with Gasteiger partial charge in [-0.05, 0) is 30.2 Å². The molecular formula is C17H25F2NOS. The molecule has 0 aliphatic heterocycles. The number of carbonyl (C=O) groups is 1. The van der Waals surface area contributed by atoms with Gasteiger partial charge in [0.25, 0.3) is 0 Å². The SMILES string of the molecule is CC(N)C(CC(C)(C)C)c1ccc(C(=O)CC(F)SF)cc1. The molecule has 0 bridgehead atoms. The standard InChI is InChI=1S/C17H25F2NOS/c1-11(20)14(10-17(2,3)4)12-5-7-13(8-6-12)15(21)9-16(18)22-19/h5-8,11,14,16H,9-10,20H2,1-4H3. The van der Waals surface area contributed by atoms with Crippen molar-refractivity contribution in [2.45, 2.75) is 58.0 Å². The Balaban J connectivity index is 2.87. The Hall–Kier alpha value is -0.940. The zero-order chi connectivity index (χ0) is 16.9. The summed E-state index contributed by atoms with van der Waals surface area (Å²) in [5.74, 6) is -0.197. The van der Waals surface area contributed by atoms with Gasteiger partial charge >= 0.3 is 0 Å². The van der Waals surface area contributed by atoms with Gasteiger partial charge in [0.15, 0.2) is 11.3 Å². The third-order valence-corrected chi connectivity index (χ3v) is 3.93. The van der Waals surface area contributed by atoms with Gasteiger partial charge in [-0.3, -0.25) is 4.79 Å². The highest BCUT2D eigenvalue weighted by Crippen LogP contribution is 2.33. The summed E-state index contributed by atoms with van der Waals surface area (Å²) in [4.78, 5) is 11.8. The van der Waals surface area contributed by atoms with E-state index in [1.54, 1.807) is 12.1 Å². The van der Waals surface area contributed by atoms with E-state index in [0.29, 0.717) is 5.56 Å². The number of rotatable bonds is 7. The Morgan fingerprint density at radius 1 is 1.27 bits per heavy atom. The first-order valence-corrected chi connectivity index (χ1v) is 8.22. The summed E-state index contributed by atoms with van der Waals surface area (Å²) in [6.07, 6.45) is 0.488. The zero-order valence-corrected chi connectivity index (χ0v) is 14.4. The van der Waals surface area contributed by atoms with E-state index in [2.05, 4.69) is 20.8 Å². The lowest BCUT2D eigenvalue weighted by Crippen LogP contribution is -2.28. The lowest BCUT2D eigenvalue weighted by Gasteiger charge is -2.29. The van der Waals surface area contributed by atoms with Gasteiger partial charge in [-0.25, -0.2) is 4.39 Å². The zero-order valence-electron chi connectivity index (χ0n) is 13.6. The second kappa shape index (κ2) is 8.06. The van der Waals surface area contributed by atoms with Crippen molar-refractivity contribution in [2.75, 3.05) is 0 Å². The Labute approximate surface area is 136 Å². The minimum absolute atomic E-state index is 0.000985. The molecule has 0 spiro atoms. The summed E-state index contributed by atoms with van der Waals surface area (Å²) in [6.45, 7) is 8.46. The van der Waals surface area contributed by atoms with Gasteiger partial charge in [0.1, 0.15) is 0 Å². The number of hydrogen-bond acceptors (Lipinski definition) is 3. The first-order valence-electron chi connectivity index (χ1n) is 7.44. The topological polar surface area (TPSA) is 43.1 Å². The molecule has 0 fully saturated rings. The lowest BCUT2D eigenvalue weighted by atomic mass is 9.78.